The Balaban J connectivity index is 1.81. The van der Waals surface area contributed by atoms with Crippen molar-refractivity contribution in [3.63, 3.8) is 0 Å². The minimum absolute atomic E-state index is 0.0520. The van der Waals surface area contributed by atoms with Gasteiger partial charge in [0.25, 0.3) is 5.56 Å². The second-order valence-electron chi connectivity index (χ2n) is 4.96. The number of piperidine rings is 1. The van der Waals surface area contributed by atoms with Crippen molar-refractivity contribution >= 4 is 5.78 Å². The van der Waals surface area contributed by atoms with Gasteiger partial charge in [-0.3, -0.25) is 9.59 Å². The number of carbonyl (C=O) groups is 1. The monoisotopic (exact) mass is 248 g/mol. The molecule has 0 spiro atoms. The molecule has 1 aliphatic heterocycles. The molecule has 4 nitrogen and oxygen atoms in total. The van der Waals surface area contributed by atoms with Crippen molar-refractivity contribution in [1.82, 2.24) is 9.47 Å². The minimum Gasteiger partial charge on any atom is -0.314 e. The molecule has 0 unspecified atom stereocenters. The van der Waals surface area contributed by atoms with Crippen LogP contribution in [0.4, 0.5) is 0 Å². The van der Waals surface area contributed by atoms with E-state index in [0.717, 1.165) is 39.0 Å². The average molecular weight is 248 g/mol. The minimum atomic E-state index is 0.0520. The standard InChI is InChI=1S/C14H20N2O2/c1-12(17)13-5-8-15(9-6-13)10-11-16-7-3-2-4-14(16)18/h2-4,7,13H,5-6,8-11H2,1H3. The van der Waals surface area contributed by atoms with Crippen LogP contribution >= 0.6 is 0 Å². The quantitative estimate of drug-likeness (QED) is 0.802. The predicted octanol–water partition coefficient (Wildman–Crippen LogP) is 1.15. The number of nitrogens with zero attached hydrogens (tertiary/aromatic N) is 2. The van der Waals surface area contributed by atoms with Crippen LogP contribution in [0.3, 0.4) is 0 Å². The van der Waals surface area contributed by atoms with Crippen LogP contribution in [0.5, 0.6) is 0 Å². The van der Waals surface area contributed by atoms with Gasteiger partial charge in [0.15, 0.2) is 0 Å². The number of hydrogen-bond acceptors (Lipinski definition) is 3. The van der Waals surface area contributed by atoms with Crippen molar-refractivity contribution < 1.29 is 4.79 Å². The number of ketones is 1. The van der Waals surface area contributed by atoms with Crippen molar-refractivity contribution in [2.45, 2.75) is 26.3 Å². The summed E-state index contributed by atoms with van der Waals surface area (Å²) in [7, 11) is 0. The van der Waals surface area contributed by atoms with Gasteiger partial charge < -0.3 is 9.47 Å². The maximum atomic E-state index is 11.5. The molecule has 4 heteroatoms. The number of Topliss-reactive ketones (excluding diaryl/α,β-unsaturated/α-hetero) is 1. The van der Waals surface area contributed by atoms with Crippen LogP contribution in [-0.4, -0.2) is 34.9 Å². The molecule has 0 amide bonds. The molecule has 1 aliphatic rings. The molecule has 1 fully saturated rings. The van der Waals surface area contributed by atoms with Crippen molar-refractivity contribution in [1.29, 1.82) is 0 Å². The Morgan fingerprint density at radius 2 is 2.00 bits per heavy atom. The molecule has 1 aromatic heterocycles. The molecule has 0 atom stereocenters. The molecular formula is C14H20N2O2. The number of carbonyl (C=O) groups excluding carboxylic acids is 1. The van der Waals surface area contributed by atoms with Gasteiger partial charge in [-0.1, -0.05) is 6.07 Å². The average Bonchev–Trinajstić information content (AvgIpc) is 2.38. The number of pyridine rings is 1. The van der Waals surface area contributed by atoms with Gasteiger partial charge in [-0.05, 0) is 38.9 Å². The summed E-state index contributed by atoms with van der Waals surface area (Å²) in [6.07, 6.45) is 3.74. The maximum Gasteiger partial charge on any atom is 0.250 e. The molecule has 1 saturated heterocycles. The lowest BCUT2D eigenvalue weighted by Crippen LogP contribution is -2.38. The first-order valence-electron chi connectivity index (χ1n) is 6.55. The second kappa shape index (κ2) is 5.96. The van der Waals surface area contributed by atoms with Crippen LogP contribution in [0.2, 0.25) is 0 Å². The highest BCUT2D eigenvalue weighted by atomic mass is 16.1. The van der Waals surface area contributed by atoms with E-state index in [9.17, 15) is 9.59 Å². The predicted molar refractivity (Wildman–Crippen MR) is 70.5 cm³/mol. The van der Waals surface area contributed by atoms with E-state index in [1.54, 1.807) is 23.6 Å². The fourth-order valence-electron chi connectivity index (χ4n) is 2.46. The van der Waals surface area contributed by atoms with E-state index in [1.165, 1.54) is 0 Å². The number of likely N-dealkylation sites (tertiary alicyclic amines) is 1. The van der Waals surface area contributed by atoms with Crippen LogP contribution < -0.4 is 5.56 Å². The van der Waals surface area contributed by atoms with E-state index in [2.05, 4.69) is 4.90 Å². The van der Waals surface area contributed by atoms with Crippen molar-refractivity contribution in [2.24, 2.45) is 5.92 Å². The number of aromatic nitrogens is 1. The summed E-state index contributed by atoms with van der Waals surface area (Å²) in [5.74, 6) is 0.564. The third kappa shape index (κ3) is 3.29. The Bertz CT molecular complexity index is 459. The third-order valence-electron chi connectivity index (χ3n) is 3.72. The van der Waals surface area contributed by atoms with E-state index >= 15 is 0 Å². The maximum absolute atomic E-state index is 11.5. The van der Waals surface area contributed by atoms with Crippen molar-refractivity contribution in [3.05, 3.63) is 34.7 Å². The molecule has 0 saturated carbocycles. The Morgan fingerprint density at radius 3 is 2.61 bits per heavy atom. The van der Waals surface area contributed by atoms with Crippen LogP contribution in [0.15, 0.2) is 29.2 Å². The molecular weight excluding hydrogens is 228 g/mol. The molecule has 0 radical (unpaired) electrons. The van der Waals surface area contributed by atoms with Crippen LogP contribution in [0.25, 0.3) is 0 Å². The van der Waals surface area contributed by atoms with E-state index in [0.29, 0.717) is 5.78 Å². The molecule has 2 heterocycles. The summed E-state index contributed by atoms with van der Waals surface area (Å²) in [6.45, 7) is 5.22. The van der Waals surface area contributed by atoms with E-state index in [-0.39, 0.29) is 11.5 Å². The number of rotatable bonds is 4. The summed E-state index contributed by atoms with van der Waals surface area (Å²) >= 11 is 0. The largest absolute Gasteiger partial charge is 0.314 e. The fourth-order valence-corrected chi connectivity index (χ4v) is 2.46. The number of hydrogen-bond donors (Lipinski definition) is 0. The topological polar surface area (TPSA) is 42.3 Å². The molecule has 1 aromatic rings. The lowest BCUT2D eigenvalue weighted by atomic mass is 9.93. The van der Waals surface area contributed by atoms with Crippen molar-refractivity contribution in [2.75, 3.05) is 19.6 Å². The normalized spacial score (nSPS) is 17.8. The Labute approximate surface area is 107 Å². The van der Waals surface area contributed by atoms with E-state index in [4.69, 9.17) is 0 Å². The Morgan fingerprint density at radius 1 is 1.28 bits per heavy atom. The molecule has 0 aliphatic carbocycles. The molecule has 98 valence electrons. The van der Waals surface area contributed by atoms with Gasteiger partial charge in [-0.2, -0.15) is 0 Å². The van der Waals surface area contributed by atoms with Gasteiger partial charge in [-0.25, -0.2) is 0 Å². The highest BCUT2D eigenvalue weighted by molar-refractivity contribution is 5.78. The van der Waals surface area contributed by atoms with E-state index in [1.807, 2.05) is 12.3 Å². The SMILES string of the molecule is CC(=O)C1CCN(CCn2ccccc2=O)CC1. The van der Waals surface area contributed by atoms with Gasteiger partial charge in [0.2, 0.25) is 0 Å². The van der Waals surface area contributed by atoms with E-state index < -0.39 is 0 Å². The highest BCUT2D eigenvalue weighted by Gasteiger charge is 2.21. The summed E-state index contributed by atoms with van der Waals surface area (Å²) in [4.78, 5) is 25.1. The van der Waals surface area contributed by atoms with Crippen LogP contribution in [0, 0.1) is 5.92 Å². The molecule has 0 bridgehead atoms. The first kappa shape index (κ1) is 13.0. The zero-order valence-electron chi connectivity index (χ0n) is 10.8. The zero-order chi connectivity index (χ0) is 13.0. The molecule has 0 aromatic carbocycles. The van der Waals surface area contributed by atoms with Crippen LogP contribution in [-0.2, 0) is 11.3 Å². The zero-order valence-corrected chi connectivity index (χ0v) is 10.8. The summed E-state index contributed by atoms with van der Waals surface area (Å²) in [5.41, 5.74) is 0.0520. The van der Waals surface area contributed by atoms with Gasteiger partial charge in [0.05, 0.1) is 0 Å². The lowest BCUT2D eigenvalue weighted by molar-refractivity contribution is -0.122. The first-order chi connectivity index (χ1) is 8.66. The first-order valence-corrected chi connectivity index (χ1v) is 6.55. The summed E-state index contributed by atoms with van der Waals surface area (Å²) in [6, 6.07) is 5.22. The molecule has 0 N–H and O–H groups in total. The highest BCUT2D eigenvalue weighted by Crippen LogP contribution is 2.17. The van der Waals surface area contributed by atoms with Crippen molar-refractivity contribution in [3.8, 4) is 0 Å². The fraction of sp³-hybridized carbons (Fsp3) is 0.571. The summed E-state index contributed by atoms with van der Waals surface area (Å²) < 4.78 is 1.73. The Hall–Kier alpha value is -1.42. The Kier molecular flexibility index (Phi) is 4.31. The van der Waals surface area contributed by atoms with Gasteiger partial charge in [0, 0.05) is 31.3 Å². The van der Waals surface area contributed by atoms with Gasteiger partial charge in [-0.15, -0.1) is 0 Å². The second-order valence-corrected chi connectivity index (χ2v) is 4.96. The summed E-state index contributed by atoms with van der Waals surface area (Å²) in [5, 5.41) is 0. The lowest BCUT2D eigenvalue weighted by Gasteiger charge is -2.30. The third-order valence-corrected chi connectivity index (χ3v) is 3.72. The van der Waals surface area contributed by atoms with Crippen LogP contribution in [0.1, 0.15) is 19.8 Å². The molecule has 2 rings (SSSR count). The molecule has 18 heavy (non-hydrogen) atoms. The van der Waals surface area contributed by atoms with Gasteiger partial charge in [0.1, 0.15) is 5.78 Å². The smallest absolute Gasteiger partial charge is 0.250 e. The van der Waals surface area contributed by atoms with Gasteiger partial charge >= 0.3 is 0 Å².